The quantitative estimate of drug-likeness (QED) is 0.852. The lowest BCUT2D eigenvalue weighted by Crippen LogP contribution is -2.20. The average molecular weight is 306 g/mol. The zero-order chi connectivity index (χ0) is 15.4. The summed E-state index contributed by atoms with van der Waals surface area (Å²) in [5.41, 5.74) is 7.49. The fraction of sp³-hybridized carbons (Fsp3) is 0.133. The third-order valence-electron chi connectivity index (χ3n) is 2.78. The number of aryl methyl sites for hydroxylation is 1. The zero-order valence-corrected chi connectivity index (χ0v) is 12.2. The maximum absolute atomic E-state index is 13.1. The molecule has 0 fully saturated rings. The first-order valence-electron chi connectivity index (χ1n) is 6.25. The summed E-state index contributed by atoms with van der Waals surface area (Å²) in [5, 5.41) is 2.65. The Morgan fingerprint density at radius 1 is 1.29 bits per heavy atom. The maximum atomic E-state index is 13.1. The van der Waals surface area contributed by atoms with E-state index in [9.17, 15) is 13.4 Å². The normalized spacial score (nSPS) is 11.9. The number of carbonyl (C=O) groups excluding carboxylic acids is 1. The van der Waals surface area contributed by atoms with Gasteiger partial charge < -0.3 is 11.1 Å². The Labute approximate surface area is 124 Å². The van der Waals surface area contributed by atoms with Crippen molar-refractivity contribution in [1.29, 1.82) is 0 Å². The molecule has 6 heteroatoms. The highest BCUT2D eigenvalue weighted by Gasteiger charge is 2.14. The monoisotopic (exact) mass is 306 g/mol. The van der Waals surface area contributed by atoms with Crippen LogP contribution < -0.4 is 11.1 Å². The summed E-state index contributed by atoms with van der Waals surface area (Å²) in [6, 6.07) is 10.9. The molecule has 2 aromatic carbocycles. The van der Waals surface area contributed by atoms with E-state index in [4.69, 9.17) is 5.73 Å². The Balaban J connectivity index is 2.05. The van der Waals surface area contributed by atoms with Gasteiger partial charge in [0.15, 0.2) is 0 Å². The SMILES string of the molecule is Cc1cccc(NC(=O)CS(=O)c2cc(F)ccc2N)c1. The number of nitrogens with two attached hydrogens (primary N) is 1. The minimum atomic E-state index is -1.69. The summed E-state index contributed by atoms with van der Waals surface area (Å²) in [6.07, 6.45) is 0. The van der Waals surface area contributed by atoms with Gasteiger partial charge in [0.1, 0.15) is 11.6 Å². The number of nitrogens with one attached hydrogen (secondary N) is 1. The summed E-state index contributed by atoms with van der Waals surface area (Å²) in [7, 11) is -1.69. The highest BCUT2D eigenvalue weighted by Crippen LogP contribution is 2.18. The molecule has 0 aliphatic rings. The predicted molar refractivity (Wildman–Crippen MR) is 81.9 cm³/mol. The number of amides is 1. The van der Waals surface area contributed by atoms with Crippen LogP contribution in [0.15, 0.2) is 47.4 Å². The Kier molecular flexibility index (Phi) is 4.70. The van der Waals surface area contributed by atoms with Crippen molar-refractivity contribution in [2.45, 2.75) is 11.8 Å². The molecule has 0 saturated heterocycles. The van der Waals surface area contributed by atoms with Gasteiger partial charge in [-0.05, 0) is 42.8 Å². The molecule has 0 saturated carbocycles. The van der Waals surface area contributed by atoms with Gasteiger partial charge in [0.25, 0.3) is 0 Å². The van der Waals surface area contributed by atoms with Crippen LogP contribution in [-0.2, 0) is 15.6 Å². The molecule has 1 unspecified atom stereocenters. The Bertz CT molecular complexity index is 704. The van der Waals surface area contributed by atoms with Gasteiger partial charge in [-0.15, -0.1) is 0 Å². The minimum absolute atomic E-state index is 0.134. The first-order valence-corrected chi connectivity index (χ1v) is 7.57. The molecule has 0 heterocycles. The predicted octanol–water partition coefficient (Wildman–Crippen LogP) is 2.46. The van der Waals surface area contributed by atoms with Gasteiger partial charge in [0.2, 0.25) is 5.91 Å². The van der Waals surface area contributed by atoms with E-state index in [2.05, 4.69) is 5.32 Å². The van der Waals surface area contributed by atoms with Crippen LogP contribution >= 0.6 is 0 Å². The second-order valence-electron chi connectivity index (χ2n) is 4.59. The average Bonchev–Trinajstić information content (AvgIpc) is 2.41. The summed E-state index contributed by atoms with van der Waals surface area (Å²) in [6.45, 7) is 1.90. The van der Waals surface area contributed by atoms with Crippen LogP contribution in [0.5, 0.6) is 0 Å². The van der Waals surface area contributed by atoms with Crippen LogP contribution in [-0.4, -0.2) is 15.9 Å². The van der Waals surface area contributed by atoms with Gasteiger partial charge in [-0.1, -0.05) is 12.1 Å². The summed E-state index contributed by atoms with van der Waals surface area (Å²) in [5.74, 6) is -1.23. The van der Waals surface area contributed by atoms with Crippen molar-refractivity contribution >= 4 is 28.1 Å². The molecular formula is C15H15FN2O2S. The smallest absolute Gasteiger partial charge is 0.237 e. The van der Waals surface area contributed by atoms with Crippen molar-refractivity contribution in [2.75, 3.05) is 16.8 Å². The highest BCUT2D eigenvalue weighted by atomic mass is 32.2. The lowest BCUT2D eigenvalue weighted by Gasteiger charge is -2.08. The van der Waals surface area contributed by atoms with E-state index in [0.29, 0.717) is 5.69 Å². The molecule has 0 spiro atoms. The Hall–Kier alpha value is -2.21. The molecule has 0 aliphatic heterocycles. The van der Waals surface area contributed by atoms with E-state index >= 15 is 0 Å². The number of hydrogen-bond acceptors (Lipinski definition) is 3. The topological polar surface area (TPSA) is 72.2 Å². The zero-order valence-electron chi connectivity index (χ0n) is 11.4. The molecule has 1 amide bonds. The van der Waals surface area contributed by atoms with Crippen LogP contribution in [0.1, 0.15) is 5.56 Å². The molecule has 4 nitrogen and oxygen atoms in total. The van der Waals surface area contributed by atoms with Crippen molar-refractivity contribution < 1.29 is 13.4 Å². The first kappa shape index (κ1) is 15.2. The summed E-state index contributed by atoms with van der Waals surface area (Å²) >= 11 is 0. The highest BCUT2D eigenvalue weighted by molar-refractivity contribution is 7.86. The van der Waals surface area contributed by atoms with E-state index < -0.39 is 22.5 Å². The minimum Gasteiger partial charge on any atom is -0.398 e. The van der Waals surface area contributed by atoms with Crippen molar-refractivity contribution in [1.82, 2.24) is 0 Å². The van der Waals surface area contributed by atoms with Crippen molar-refractivity contribution in [3.05, 3.63) is 53.8 Å². The number of benzene rings is 2. The van der Waals surface area contributed by atoms with Crippen LogP contribution in [0.3, 0.4) is 0 Å². The van der Waals surface area contributed by atoms with Crippen LogP contribution in [0.25, 0.3) is 0 Å². The molecule has 110 valence electrons. The van der Waals surface area contributed by atoms with E-state index in [-0.39, 0.29) is 16.3 Å². The van der Waals surface area contributed by atoms with Crippen LogP contribution in [0.2, 0.25) is 0 Å². The Morgan fingerprint density at radius 2 is 2.05 bits per heavy atom. The third-order valence-corrected chi connectivity index (χ3v) is 4.15. The van der Waals surface area contributed by atoms with Crippen LogP contribution in [0.4, 0.5) is 15.8 Å². The molecule has 0 aromatic heterocycles. The molecular weight excluding hydrogens is 291 g/mol. The van der Waals surface area contributed by atoms with Gasteiger partial charge >= 0.3 is 0 Å². The number of rotatable bonds is 4. The maximum Gasteiger partial charge on any atom is 0.237 e. The standard InChI is InChI=1S/C15H15FN2O2S/c1-10-3-2-4-12(7-10)18-15(19)9-21(20)14-8-11(16)5-6-13(14)17/h2-8H,9,17H2,1H3,(H,18,19). The lowest BCUT2D eigenvalue weighted by atomic mass is 10.2. The first-order chi connectivity index (χ1) is 9.95. The second-order valence-corrected chi connectivity index (χ2v) is 6.01. The molecule has 21 heavy (non-hydrogen) atoms. The van der Waals surface area contributed by atoms with Crippen LogP contribution in [0, 0.1) is 12.7 Å². The van der Waals surface area contributed by atoms with E-state index in [1.54, 1.807) is 12.1 Å². The molecule has 0 radical (unpaired) electrons. The number of hydrogen-bond donors (Lipinski definition) is 2. The molecule has 1 atom stereocenters. The number of nitrogen functional groups attached to an aromatic ring is 1. The Morgan fingerprint density at radius 3 is 2.76 bits per heavy atom. The number of carbonyl (C=O) groups is 1. The van der Waals surface area contributed by atoms with Gasteiger partial charge in [0.05, 0.1) is 15.7 Å². The van der Waals surface area contributed by atoms with E-state index in [1.165, 1.54) is 12.1 Å². The molecule has 2 rings (SSSR count). The molecule has 0 bridgehead atoms. The lowest BCUT2D eigenvalue weighted by molar-refractivity contribution is -0.113. The van der Waals surface area contributed by atoms with Gasteiger partial charge in [-0.2, -0.15) is 0 Å². The molecule has 2 aromatic rings. The second kappa shape index (κ2) is 6.49. The van der Waals surface area contributed by atoms with E-state index in [1.807, 2.05) is 19.1 Å². The summed E-state index contributed by atoms with van der Waals surface area (Å²) in [4.78, 5) is 12.0. The van der Waals surface area contributed by atoms with Gasteiger partial charge in [0, 0.05) is 11.4 Å². The number of anilines is 2. The molecule has 3 N–H and O–H groups in total. The fourth-order valence-corrected chi connectivity index (χ4v) is 2.86. The van der Waals surface area contributed by atoms with E-state index in [0.717, 1.165) is 11.6 Å². The van der Waals surface area contributed by atoms with Crippen molar-refractivity contribution in [3.8, 4) is 0 Å². The van der Waals surface area contributed by atoms with Crippen molar-refractivity contribution in [3.63, 3.8) is 0 Å². The fourth-order valence-electron chi connectivity index (χ4n) is 1.82. The van der Waals surface area contributed by atoms with Crippen molar-refractivity contribution in [2.24, 2.45) is 0 Å². The largest absolute Gasteiger partial charge is 0.398 e. The molecule has 0 aliphatic carbocycles. The van der Waals surface area contributed by atoms with Gasteiger partial charge in [-0.25, -0.2) is 4.39 Å². The summed E-state index contributed by atoms with van der Waals surface area (Å²) < 4.78 is 25.2. The third kappa shape index (κ3) is 4.13. The van der Waals surface area contributed by atoms with Gasteiger partial charge in [-0.3, -0.25) is 9.00 Å². The number of halogens is 1.